The van der Waals surface area contributed by atoms with E-state index in [4.69, 9.17) is 0 Å². The highest BCUT2D eigenvalue weighted by Crippen LogP contribution is 2.17. The molecule has 1 aliphatic rings. The summed E-state index contributed by atoms with van der Waals surface area (Å²) in [6.45, 7) is 2.92. The molecule has 0 bridgehead atoms. The second-order valence-electron chi connectivity index (χ2n) is 3.77. The summed E-state index contributed by atoms with van der Waals surface area (Å²) >= 11 is 1.51. The number of nitrogens with one attached hydrogen (secondary N) is 2. The minimum absolute atomic E-state index is 0.0389. The van der Waals surface area contributed by atoms with Crippen molar-refractivity contribution in [2.45, 2.75) is 32.2 Å². The molecule has 1 aromatic rings. The fourth-order valence-electron chi connectivity index (χ4n) is 1.68. The van der Waals surface area contributed by atoms with Crippen LogP contribution in [0.3, 0.4) is 0 Å². The fourth-order valence-corrected chi connectivity index (χ4v) is 2.35. The van der Waals surface area contributed by atoms with E-state index in [1.165, 1.54) is 17.8 Å². The van der Waals surface area contributed by atoms with Crippen molar-refractivity contribution in [3.05, 3.63) is 11.1 Å². The van der Waals surface area contributed by atoms with Crippen LogP contribution in [0, 0.1) is 6.92 Å². The number of aryl methyl sites for hydroxylation is 1. The van der Waals surface area contributed by atoms with E-state index in [1.54, 1.807) is 6.20 Å². The molecule has 0 aromatic carbocycles. The van der Waals surface area contributed by atoms with E-state index in [1.807, 2.05) is 6.92 Å². The monoisotopic (exact) mass is 225 g/mol. The van der Waals surface area contributed by atoms with Gasteiger partial charge in [0, 0.05) is 11.1 Å². The van der Waals surface area contributed by atoms with Crippen molar-refractivity contribution in [1.82, 2.24) is 10.3 Å². The molecule has 4 nitrogen and oxygen atoms in total. The molecule has 1 saturated heterocycles. The SMILES string of the molecule is Cc1cnc(NC(=O)[C@@H]2CCCCN2)s1. The lowest BCUT2D eigenvalue weighted by atomic mass is 10.0. The van der Waals surface area contributed by atoms with Gasteiger partial charge in [-0.25, -0.2) is 4.98 Å². The number of anilines is 1. The van der Waals surface area contributed by atoms with E-state index in [2.05, 4.69) is 15.6 Å². The van der Waals surface area contributed by atoms with Crippen molar-refractivity contribution in [1.29, 1.82) is 0 Å². The largest absolute Gasteiger partial charge is 0.306 e. The molecule has 1 aromatic heterocycles. The van der Waals surface area contributed by atoms with Gasteiger partial charge in [0.05, 0.1) is 6.04 Å². The Hall–Kier alpha value is -0.940. The first-order valence-corrected chi connectivity index (χ1v) is 6.04. The molecule has 0 radical (unpaired) electrons. The van der Waals surface area contributed by atoms with Crippen LogP contribution in [0.15, 0.2) is 6.20 Å². The summed E-state index contributed by atoms with van der Waals surface area (Å²) in [7, 11) is 0. The Morgan fingerprint density at radius 2 is 2.53 bits per heavy atom. The zero-order valence-electron chi connectivity index (χ0n) is 8.75. The summed E-state index contributed by atoms with van der Waals surface area (Å²) in [6.07, 6.45) is 4.99. The molecule has 2 N–H and O–H groups in total. The molecule has 1 aliphatic heterocycles. The number of nitrogens with zero attached hydrogens (tertiary/aromatic N) is 1. The predicted molar refractivity (Wildman–Crippen MR) is 61.1 cm³/mol. The second-order valence-corrected chi connectivity index (χ2v) is 5.00. The minimum atomic E-state index is -0.0389. The quantitative estimate of drug-likeness (QED) is 0.802. The molecule has 2 heterocycles. The standard InChI is InChI=1S/C10H15N3OS/c1-7-6-12-10(15-7)13-9(14)8-4-2-3-5-11-8/h6,8,11H,2-5H2,1H3,(H,12,13,14)/t8-/m0/s1. The molecule has 2 rings (SSSR count). The van der Waals surface area contributed by atoms with Crippen LogP contribution < -0.4 is 10.6 Å². The number of aromatic nitrogens is 1. The van der Waals surface area contributed by atoms with Crippen molar-refractivity contribution in [3.63, 3.8) is 0 Å². The van der Waals surface area contributed by atoms with E-state index in [9.17, 15) is 4.79 Å². The third-order valence-electron chi connectivity index (χ3n) is 2.48. The first-order chi connectivity index (χ1) is 7.25. The molecular formula is C10H15N3OS. The normalized spacial score (nSPS) is 21.3. The van der Waals surface area contributed by atoms with Gasteiger partial charge >= 0.3 is 0 Å². The number of piperidine rings is 1. The van der Waals surface area contributed by atoms with E-state index >= 15 is 0 Å². The topological polar surface area (TPSA) is 54.0 Å². The highest BCUT2D eigenvalue weighted by molar-refractivity contribution is 7.15. The zero-order chi connectivity index (χ0) is 10.7. The lowest BCUT2D eigenvalue weighted by Crippen LogP contribution is -2.43. The Labute approximate surface area is 93.1 Å². The Morgan fingerprint density at radius 3 is 3.13 bits per heavy atom. The third kappa shape index (κ3) is 2.76. The molecule has 0 unspecified atom stereocenters. The van der Waals surface area contributed by atoms with Gasteiger partial charge in [0.1, 0.15) is 0 Å². The molecule has 15 heavy (non-hydrogen) atoms. The van der Waals surface area contributed by atoms with E-state index in [0.29, 0.717) is 5.13 Å². The first kappa shape index (κ1) is 10.6. The number of rotatable bonds is 2. The summed E-state index contributed by atoms with van der Waals surface area (Å²) in [6, 6.07) is -0.0389. The van der Waals surface area contributed by atoms with E-state index in [-0.39, 0.29) is 11.9 Å². The lowest BCUT2D eigenvalue weighted by Gasteiger charge is -2.21. The summed E-state index contributed by atoms with van der Waals surface area (Å²) in [5, 5.41) is 6.75. The first-order valence-electron chi connectivity index (χ1n) is 5.22. The maximum Gasteiger partial charge on any atom is 0.243 e. The van der Waals surface area contributed by atoms with Crippen molar-refractivity contribution >= 4 is 22.4 Å². The maximum absolute atomic E-state index is 11.8. The Balaban J connectivity index is 1.91. The molecule has 0 spiro atoms. The number of hydrogen-bond acceptors (Lipinski definition) is 4. The highest BCUT2D eigenvalue weighted by atomic mass is 32.1. The summed E-state index contributed by atoms with van der Waals surface area (Å²) in [5.41, 5.74) is 0. The van der Waals surface area contributed by atoms with Crippen molar-refractivity contribution < 1.29 is 4.79 Å². The number of carbonyl (C=O) groups excluding carboxylic acids is 1. The summed E-state index contributed by atoms with van der Waals surface area (Å²) in [5.74, 6) is 0.0454. The van der Waals surface area contributed by atoms with Crippen LogP contribution in [0.2, 0.25) is 0 Å². The number of carbonyl (C=O) groups is 1. The Bertz CT molecular complexity index is 344. The average Bonchev–Trinajstić information content (AvgIpc) is 2.65. The van der Waals surface area contributed by atoms with E-state index in [0.717, 1.165) is 24.3 Å². The molecule has 1 atom stereocenters. The van der Waals surface area contributed by atoms with Crippen molar-refractivity contribution in [2.24, 2.45) is 0 Å². The van der Waals surface area contributed by atoms with Crippen molar-refractivity contribution in [3.8, 4) is 0 Å². The zero-order valence-corrected chi connectivity index (χ0v) is 9.56. The lowest BCUT2D eigenvalue weighted by molar-refractivity contribution is -0.118. The summed E-state index contributed by atoms with van der Waals surface area (Å²) < 4.78 is 0. The highest BCUT2D eigenvalue weighted by Gasteiger charge is 2.20. The maximum atomic E-state index is 11.8. The van der Waals surface area contributed by atoms with Gasteiger partial charge in [0.25, 0.3) is 0 Å². The Kier molecular flexibility index (Phi) is 3.33. The molecule has 5 heteroatoms. The molecule has 82 valence electrons. The fraction of sp³-hybridized carbons (Fsp3) is 0.600. The van der Waals surface area contributed by atoms with Crippen LogP contribution in [0.5, 0.6) is 0 Å². The van der Waals surface area contributed by atoms with Gasteiger partial charge in [-0.05, 0) is 26.3 Å². The number of hydrogen-bond donors (Lipinski definition) is 2. The van der Waals surface area contributed by atoms with Crippen LogP contribution in [-0.2, 0) is 4.79 Å². The van der Waals surface area contributed by atoms with Gasteiger partial charge in [-0.15, -0.1) is 11.3 Å². The van der Waals surface area contributed by atoms with Gasteiger partial charge in [0.2, 0.25) is 5.91 Å². The molecule has 1 fully saturated rings. The van der Waals surface area contributed by atoms with E-state index < -0.39 is 0 Å². The minimum Gasteiger partial charge on any atom is -0.306 e. The van der Waals surface area contributed by atoms with Gasteiger partial charge in [-0.1, -0.05) is 6.42 Å². The molecule has 0 saturated carbocycles. The van der Waals surface area contributed by atoms with Crippen LogP contribution in [0.1, 0.15) is 24.1 Å². The van der Waals surface area contributed by atoms with Crippen LogP contribution in [0.25, 0.3) is 0 Å². The van der Waals surface area contributed by atoms with Gasteiger partial charge in [-0.2, -0.15) is 0 Å². The Morgan fingerprint density at radius 1 is 1.67 bits per heavy atom. The van der Waals surface area contributed by atoms with Crippen LogP contribution >= 0.6 is 11.3 Å². The van der Waals surface area contributed by atoms with Crippen LogP contribution in [0.4, 0.5) is 5.13 Å². The molecule has 1 amide bonds. The van der Waals surface area contributed by atoms with Gasteiger partial charge in [0.15, 0.2) is 5.13 Å². The van der Waals surface area contributed by atoms with Crippen molar-refractivity contribution in [2.75, 3.05) is 11.9 Å². The number of thiazole rings is 1. The third-order valence-corrected chi connectivity index (χ3v) is 3.31. The van der Waals surface area contributed by atoms with Gasteiger partial charge < -0.3 is 10.6 Å². The molecular weight excluding hydrogens is 210 g/mol. The molecule has 0 aliphatic carbocycles. The van der Waals surface area contributed by atoms with Crippen LogP contribution in [-0.4, -0.2) is 23.5 Å². The predicted octanol–water partition coefficient (Wildman–Crippen LogP) is 1.53. The average molecular weight is 225 g/mol. The number of amides is 1. The van der Waals surface area contributed by atoms with Gasteiger partial charge in [-0.3, -0.25) is 4.79 Å². The summed E-state index contributed by atoms with van der Waals surface area (Å²) in [4.78, 5) is 17.0. The smallest absolute Gasteiger partial charge is 0.243 e. The second kappa shape index (κ2) is 4.72.